The SMILES string of the molecule is CCN(CC)c1cc(Nc2nc(Nc3cc(N(CC)CC)c(OC)cc3N=Nc3snc4cc(S(=O)(=O)O)c(OC)cc34)nc(SCCS(=O)(=O)O)n2)c(N=Nc2snc3cc(S(=O)(=O)O)c(OC)cc23)cc1OC. The van der Waals surface area contributed by atoms with E-state index in [1.807, 2.05) is 37.5 Å². The van der Waals surface area contributed by atoms with Crippen LogP contribution in [-0.2, 0) is 30.4 Å². The Bertz CT molecular complexity index is 3450. The minimum Gasteiger partial charge on any atom is -0.495 e. The zero-order valence-electron chi connectivity index (χ0n) is 41.2. The van der Waals surface area contributed by atoms with Crippen molar-refractivity contribution in [2.45, 2.75) is 42.6 Å². The average Bonchev–Trinajstić information content (AvgIpc) is 3.97. The van der Waals surface area contributed by atoms with Crippen LogP contribution in [0.1, 0.15) is 27.7 Å². The van der Waals surface area contributed by atoms with E-state index >= 15 is 0 Å². The summed E-state index contributed by atoms with van der Waals surface area (Å²) in [5, 5.41) is 25.9. The van der Waals surface area contributed by atoms with Crippen LogP contribution < -0.4 is 39.4 Å². The van der Waals surface area contributed by atoms with E-state index in [-0.39, 0.29) is 66.7 Å². The number of hydrogen-bond acceptors (Lipinski definition) is 26. The summed E-state index contributed by atoms with van der Waals surface area (Å²) in [6.07, 6.45) is 0. The highest BCUT2D eigenvalue weighted by Crippen LogP contribution is 2.45. The van der Waals surface area contributed by atoms with Crippen LogP contribution in [0.4, 0.5) is 56.0 Å². The first-order valence-corrected chi connectivity index (χ1v) is 29.2. The molecular formula is C43H49N13O13S6. The molecule has 75 heavy (non-hydrogen) atoms. The number of aromatic nitrogens is 5. The summed E-state index contributed by atoms with van der Waals surface area (Å²) in [5.41, 5.74) is 2.79. The van der Waals surface area contributed by atoms with Crippen molar-refractivity contribution in [2.75, 3.05) is 86.6 Å². The number of rotatable bonds is 24. The molecule has 0 unspecified atom stereocenters. The van der Waals surface area contributed by atoms with Gasteiger partial charge in [-0.3, -0.25) is 13.7 Å². The normalized spacial score (nSPS) is 12.3. The van der Waals surface area contributed by atoms with Crippen molar-refractivity contribution in [3.05, 3.63) is 48.5 Å². The van der Waals surface area contributed by atoms with Gasteiger partial charge in [0.05, 0.1) is 68.0 Å². The number of azo groups is 2. The molecule has 26 nitrogen and oxygen atoms in total. The summed E-state index contributed by atoms with van der Waals surface area (Å²) >= 11 is 2.75. The fourth-order valence-electron chi connectivity index (χ4n) is 7.38. The van der Waals surface area contributed by atoms with E-state index in [9.17, 15) is 38.9 Å². The van der Waals surface area contributed by atoms with Crippen molar-refractivity contribution in [3.63, 3.8) is 0 Å². The molecule has 4 aromatic carbocycles. The number of thioether (sulfide) groups is 1. The second-order valence-corrected chi connectivity index (χ2v) is 22.4. The van der Waals surface area contributed by atoms with Gasteiger partial charge in [-0.05, 0) is 87.2 Å². The summed E-state index contributed by atoms with van der Waals surface area (Å²) < 4.78 is 132. The highest BCUT2D eigenvalue weighted by atomic mass is 32.2. The minimum absolute atomic E-state index is 0.0311. The number of nitrogens with one attached hydrogen (secondary N) is 2. The number of hydrogen-bond donors (Lipinski definition) is 5. The highest BCUT2D eigenvalue weighted by molar-refractivity contribution is 8.00. The van der Waals surface area contributed by atoms with Crippen molar-refractivity contribution < 1.29 is 57.9 Å². The molecule has 0 spiro atoms. The zero-order valence-corrected chi connectivity index (χ0v) is 46.1. The van der Waals surface area contributed by atoms with E-state index in [0.29, 0.717) is 71.2 Å². The van der Waals surface area contributed by atoms with Crippen molar-refractivity contribution in [1.29, 1.82) is 0 Å². The van der Waals surface area contributed by atoms with E-state index in [1.54, 1.807) is 24.3 Å². The molecule has 0 fully saturated rings. The predicted octanol–water partition coefficient (Wildman–Crippen LogP) is 9.61. The molecule has 0 aliphatic rings. The second-order valence-electron chi connectivity index (χ2n) is 15.4. The lowest BCUT2D eigenvalue weighted by Crippen LogP contribution is -2.22. The van der Waals surface area contributed by atoms with Crippen LogP contribution in [0.15, 0.2) is 83.9 Å². The Balaban J connectivity index is 1.36. The summed E-state index contributed by atoms with van der Waals surface area (Å²) in [7, 11) is -8.18. The molecule has 0 saturated carbocycles. The zero-order chi connectivity index (χ0) is 54.4. The maximum absolute atomic E-state index is 12.1. The maximum atomic E-state index is 12.1. The van der Waals surface area contributed by atoms with Gasteiger partial charge in [-0.25, -0.2) is 0 Å². The third-order valence-electron chi connectivity index (χ3n) is 11.0. The van der Waals surface area contributed by atoms with Crippen molar-refractivity contribution in [3.8, 4) is 23.0 Å². The molecule has 400 valence electrons. The molecule has 5 N–H and O–H groups in total. The van der Waals surface area contributed by atoms with Gasteiger partial charge in [-0.15, -0.1) is 20.5 Å². The molecular weight excluding hydrogens is 1100 g/mol. The quantitative estimate of drug-likeness (QED) is 0.0213. The van der Waals surface area contributed by atoms with Crippen LogP contribution in [0.3, 0.4) is 0 Å². The number of fused-ring (bicyclic) bond motifs is 2. The maximum Gasteiger partial charge on any atom is 0.298 e. The van der Waals surface area contributed by atoms with Gasteiger partial charge < -0.3 is 39.4 Å². The third kappa shape index (κ3) is 13.1. The van der Waals surface area contributed by atoms with Gasteiger partial charge in [0.25, 0.3) is 30.4 Å². The Morgan fingerprint density at radius 1 is 0.560 bits per heavy atom. The Labute approximate surface area is 443 Å². The van der Waals surface area contributed by atoms with Crippen LogP contribution in [0.25, 0.3) is 21.8 Å². The fourth-order valence-corrected chi connectivity index (χ4v) is 11.7. The van der Waals surface area contributed by atoms with Gasteiger partial charge in [0.2, 0.25) is 11.9 Å². The molecule has 32 heteroatoms. The van der Waals surface area contributed by atoms with Gasteiger partial charge in [0.1, 0.15) is 44.2 Å². The molecule has 0 aliphatic heterocycles. The third-order valence-corrected chi connectivity index (χ3v) is 16.1. The lowest BCUT2D eigenvalue weighted by molar-refractivity contribution is 0.398. The van der Waals surface area contributed by atoms with Crippen molar-refractivity contribution in [2.24, 2.45) is 20.5 Å². The van der Waals surface area contributed by atoms with Gasteiger partial charge in [-0.1, -0.05) is 11.8 Å². The fraction of sp³-hybridized carbons (Fsp3) is 0.326. The monoisotopic (exact) mass is 1150 g/mol. The molecule has 0 amide bonds. The standard InChI is InChI=1S/C43H49N13O13S6/c1-9-55(10-2)31-17-27(29(19-33(31)66-5)49-51-39-23-15-35(68-7)37(74(60,61)62)21-25(23)53-71-39)44-41-46-42(48-43(47-41)70-13-14-73(57,58)59)45-28-18-32(56(11-3)12-4)34(67-6)20-30(28)50-52-40-24-16-36(69-8)38(75(63,64)65)22-26(24)54-72-40/h15-22H,9-14H2,1-8H3,(H,57,58,59)(H,60,61,62)(H,63,64,65)(H2,44,45,46,47,48). The number of ether oxygens (including phenoxy) is 4. The van der Waals surface area contributed by atoms with Crippen LogP contribution in [0.5, 0.6) is 23.0 Å². The summed E-state index contributed by atoms with van der Waals surface area (Å²) in [5.74, 6) is -0.295. The molecule has 3 heterocycles. The van der Waals surface area contributed by atoms with E-state index in [2.05, 4.69) is 49.8 Å². The first-order chi connectivity index (χ1) is 35.6. The highest BCUT2D eigenvalue weighted by Gasteiger charge is 2.24. The smallest absolute Gasteiger partial charge is 0.298 e. The average molecular weight is 1150 g/mol. The number of benzene rings is 4. The molecule has 0 bridgehead atoms. The minimum atomic E-state index is -4.66. The second kappa shape index (κ2) is 23.5. The lowest BCUT2D eigenvalue weighted by atomic mass is 10.2. The van der Waals surface area contributed by atoms with Gasteiger partial charge >= 0.3 is 0 Å². The molecule has 0 atom stereocenters. The lowest BCUT2D eigenvalue weighted by Gasteiger charge is -2.25. The van der Waals surface area contributed by atoms with Crippen LogP contribution >= 0.6 is 34.8 Å². The van der Waals surface area contributed by atoms with Crippen molar-refractivity contribution in [1.82, 2.24) is 23.7 Å². The Morgan fingerprint density at radius 2 is 0.960 bits per heavy atom. The van der Waals surface area contributed by atoms with E-state index in [1.165, 1.54) is 52.7 Å². The van der Waals surface area contributed by atoms with Crippen molar-refractivity contribution >= 4 is 143 Å². The largest absolute Gasteiger partial charge is 0.495 e. The van der Waals surface area contributed by atoms with Crippen LogP contribution in [0.2, 0.25) is 0 Å². The Kier molecular flexibility index (Phi) is 17.6. The van der Waals surface area contributed by atoms with Crippen LogP contribution in [0, 0.1) is 0 Å². The Hall–Kier alpha value is -6.65. The molecule has 0 saturated heterocycles. The molecule has 7 aromatic rings. The molecule has 0 radical (unpaired) electrons. The van der Waals surface area contributed by atoms with Gasteiger partial charge in [0, 0.05) is 54.8 Å². The number of methoxy groups -OCH3 is 4. The topological polar surface area (TPSA) is 344 Å². The molecule has 7 rings (SSSR count). The number of nitrogens with zero attached hydrogens (tertiary/aromatic N) is 11. The van der Waals surface area contributed by atoms with Gasteiger partial charge in [-0.2, -0.15) is 49.0 Å². The summed E-state index contributed by atoms with van der Waals surface area (Å²) in [4.78, 5) is 17.1. The summed E-state index contributed by atoms with van der Waals surface area (Å²) in [6.45, 7) is 10.2. The first kappa shape index (κ1) is 56.1. The van der Waals surface area contributed by atoms with E-state index < -0.39 is 45.9 Å². The Morgan fingerprint density at radius 3 is 1.31 bits per heavy atom. The van der Waals surface area contributed by atoms with Crippen LogP contribution in [-0.4, -0.2) is 129 Å². The molecule has 3 aromatic heterocycles. The first-order valence-electron chi connectivity index (χ1n) is 22.2. The van der Waals surface area contributed by atoms with Gasteiger partial charge in [0.15, 0.2) is 15.2 Å². The molecule has 0 aliphatic carbocycles. The summed E-state index contributed by atoms with van der Waals surface area (Å²) in [6, 6.07) is 11.9. The van der Waals surface area contributed by atoms with E-state index in [4.69, 9.17) is 23.9 Å². The number of anilines is 6. The predicted molar refractivity (Wildman–Crippen MR) is 287 cm³/mol. The van der Waals surface area contributed by atoms with E-state index in [0.717, 1.165) is 34.8 Å².